The molecule has 0 bridgehead atoms. The molecule has 0 aromatic heterocycles. The van der Waals surface area contributed by atoms with Gasteiger partial charge in [0.2, 0.25) is 0 Å². The highest BCUT2D eigenvalue weighted by atomic mass is 16.5. The molecule has 1 aliphatic rings. The smallest absolute Gasteiger partial charge is 0.322 e. The maximum Gasteiger partial charge on any atom is 0.322 e. The zero-order chi connectivity index (χ0) is 15.9. The number of nitrogens with one attached hydrogen (secondary N) is 2. The first-order valence-electron chi connectivity index (χ1n) is 8.10. The molecule has 5 nitrogen and oxygen atoms in total. The Hall–Kier alpha value is -1.59. The topological polar surface area (TPSA) is 70.6 Å². The molecule has 1 fully saturated rings. The van der Waals surface area contributed by atoms with Gasteiger partial charge in [-0.3, -0.25) is 4.79 Å². The number of hydrogen-bond acceptors (Lipinski definition) is 4. The van der Waals surface area contributed by atoms with Gasteiger partial charge in [0.05, 0.1) is 12.6 Å². The van der Waals surface area contributed by atoms with Gasteiger partial charge in [-0.15, -0.1) is 0 Å². The van der Waals surface area contributed by atoms with Gasteiger partial charge in [0, 0.05) is 5.92 Å². The molecule has 0 radical (unpaired) electrons. The van der Waals surface area contributed by atoms with Crippen molar-refractivity contribution in [3.05, 3.63) is 29.8 Å². The van der Waals surface area contributed by atoms with Crippen molar-refractivity contribution in [1.82, 2.24) is 10.9 Å². The van der Waals surface area contributed by atoms with E-state index in [9.17, 15) is 4.79 Å². The Bertz CT molecular complexity index is 475. The van der Waals surface area contributed by atoms with Crippen molar-refractivity contribution in [2.75, 3.05) is 6.61 Å². The van der Waals surface area contributed by atoms with E-state index in [1.807, 2.05) is 31.2 Å². The Kier molecular flexibility index (Phi) is 6.21. The van der Waals surface area contributed by atoms with Gasteiger partial charge in [0.1, 0.15) is 11.8 Å². The summed E-state index contributed by atoms with van der Waals surface area (Å²) in [5.74, 6) is 0.0292. The Balaban J connectivity index is 1.85. The van der Waals surface area contributed by atoms with Crippen molar-refractivity contribution in [3.63, 3.8) is 0 Å². The molecule has 0 saturated carbocycles. The summed E-state index contributed by atoms with van der Waals surface area (Å²) in [6.07, 6.45) is 4.78. The second kappa shape index (κ2) is 8.15. The molecule has 1 aromatic carbocycles. The van der Waals surface area contributed by atoms with E-state index < -0.39 is 12.0 Å². The molecule has 3 unspecified atom stereocenters. The summed E-state index contributed by atoms with van der Waals surface area (Å²) in [5.41, 5.74) is 6.98. The van der Waals surface area contributed by atoms with E-state index in [0.29, 0.717) is 0 Å². The number of hydrazine groups is 1. The number of benzene rings is 1. The fourth-order valence-corrected chi connectivity index (χ4v) is 2.80. The maximum atomic E-state index is 11.1. The normalized spacial score (nSPS) is 24.4. The summed E-state index contributed by atoms with van der Waals surface area (Å²) in [6, 6.07) is 7.36. The first-order valence-corrected chi connectivity index (χ1v) is 8.10. The molecule has 122 valence electrons. The van der Waals surface area contributed by atoms with E-state index in [0.717, 1.165) is 24.3 Å². The summed E-state index contributed by atoms with van der Waals surface area (Å²) in [7, 11) is 0. The minimum absolute atomic E-state index is 0.000274. The van der Waals surface area contributed by atoms with Crippen LogP contribution in [-0.2, 0) is 4.79 Å². The first kappa shape index (κ1) is 16.8. The molecule has 3 N–H and O–H groups in total. The summed E-state index contributed by atoms with van der Waals surface area (Å²) < 4.78 is 5.73. The number of rotatable bonds is 8. The number of carboxylic acid groups (broad SMARTS) is 1. The number of aliphatic carboxylic acids is 1. The Labute approximate surface area is 132 Å². The second-order valence-electron chi connectivity index (χ2n) is 5.92. The lowest BCUT2D eigenvalue weighted by Crippen LogP contribution is -2.37. The molecule has 0 spiro atoms. The van der Waals surface area contributed by atoms with Gasteiger partial charge in [-0.25, -0.2) is 10.9 Å². The highest BCUT2D eigenvalue weighted by molar-refractivity contribution is 5.74. The Morgan fingerprint density at radius 1 is 1.18 bits per heavy atom. The monoisotopic (exact) mass is 306 g/mol. The van der Waals surface area contributed by atoms with Crippen molar-refractivity contribution >= 4 is 5.97 Å². The lowest BCUT2D eigenvalue weighted by molar-refractivity contribution is -0.140. The van der Waals surface area contributed by atoms with Crippen LogP contribution in [0.25, 0.3) is 0 Å². The average molecular weight is 306 g/mol. The largest absolute Gasteiger partial charge is 0.494 e. The molecule has 0 aliphatic carbocycles. The van der Waals surface area contributed by atoms with Crippen molar-refractivity contribution in [2.24, 2.45) is 5.92 Å². The lowest BCUT2D eigenvalue weighted by atomic mass is 9.91. The van der Waals surface area contributed by atoms with E-state index in [1.54, 1.807) is 0 Å². The Morgan fingerprint density at radius 3 is 2.50 bits per heavy atom. The van der Waals surface area contributed by atoms with Crippen LogP contribution >= 0.6 is 0 Å². The van der Waals surface area contributed by atoms with Gasteiger partial charge in [-0.2, -0.15) is 0 Å². The van der Waals surface area contributed by atoms with Crippen LogP contribution in [0.15, 0.2) is 24.3 Å². The maximum absolute atomic E-state index is 11.1. The molecule has 1 saturated heterocycles. The standard InChI is InChI=1S/C17H26N2O3/c1-3-4-5-6-11-22-14-9-7-13(8-10-14)15-12(2)16(17(20)21)19-18-15/h7-10,12,15-16,18-19H,3-6,11H2,1-2H3,(H,20,21). The quantitative estimate of drug-likeness (QED) is 0.644. The zero-order valence-corrected chi connectivity index (χ0v) is 13.3. The summed E-state index contributed by atoms with van der Waals surface area (Å²) in [4.78, 5) is 11.1. The van der Waals surface area contributed by atoms with Gasteiger partial charge in [-0.1, -0.05) is 45.2 Å². The lowest BCUT2D eigenvalue weighted by Gasteiger charge is -2.17. The van der Waals surface area contributed by atoms with Gasteiger partial charge in [0.25, 0.3) is 0 Å². The summed E-state index contributed by atoms with van der Waals surface area (Å²) in [6.45, 7) is 4.88. The van der Waals surface area contributed by atoms with Crippen molar-refractivity contribution in [2.45, 2.75) is 51.6 Å². The molecule has 0 amide bonds. The number of unbranched alkanes of at least 4 members (excludes halogenated alkanes) is 3. The highest BCUT2D eigenvalue weighted by Gasteiger charge is 2.37. The SMILES string of the molecule is CCCCCCOc1ccc(C2NNC(C(=O)O)C2C)cc1. The highest BCUT2D eigenvalue weighted by Crippen LogP contribution is 2.29. The van der Waals surface area contributed by atoms with Crippen LogP contribution < -0.4 is 15.6 Å². The number of carbonyl (C=O) groups is 1. The fraction of sp³-hybridized carbons (Fsp3) is 0.588. The van der Waals surface area contributed by atoms with Crippen molar-refractivity contribution in [3.8, 4) is 5.75 Å². The zero-order valence-electron chi connectivity index (χ0n) is 13.3. The van der Waals surface area contributed by atoms with E-state index in [4.69, 9.17) is 9.84 Å². The molecule has 1 aromatic rings. The third kappa shape index (κ3) is 4.21. The molecule has 2 rings (SSSR count). The van der Waals surface area contributed by atoms with Crippen molar-refractivity contribution < 1.29 is 14.6 Å². The predicted octanol–water partition coefficient (Wildman–Crippen LogP) is 2.88. The van der Waals surface area contributed by atoms with Gasteiger partial charge in [0.15, 0.2) is 0 Å². The summed E-state index contributed by atoms with van der Waals surface area (Å²) >= 11 is 0. The number of carboxylic acids is 1. The van der Waals surface area contributed by atoms with Crippen LogP contribution in [0.4, 0.5) is 0 Å². The molecule has 5 heteroatoms. The minimum Gasteiger partial charge on any atom is -0.494 e. The molecular weight excluding hydrogens is 280 g/mol. The minimum atomic E-state index is -0.825. The molecular formula is C17H26N2O3. The van der Waals surface area contributed by atoms with Crippen LogP contribution in [-0.4, -0.2) is 23.7 Å². The van der Waals surface area contributed by atoms with E-state index >= 15 is 0 Å². The van der Waals surface area contributed by atoms with Crippen LogP contribution in [0, 0.1) is 5.92 Å². The van der Waals surface area contributed by atoms with Crippen molar-refractivity contribution in [1.29, 1.82) is 0 Å². The number of hydrogen-bond donors (Lipinski definition) is 3. The first-order chi connectivity index (χ1) is 10.6. The van der Waals surface area contributed by atoms with Crippen LogP contribution in [0.5, 0.6) is 5.75 Å². The van der Waals surface area contributed by atoms with E-state index in [1.165, 1.54) is 19.3 Å². The fourth-order valence-electron chi connectivity index (χ4n) is 2.80. The van der Waals surface area contributed by atoms with Gasteiger partial charge in [-0.05, 0) is 24.1 Å². The average Bonchev–Trinajstić information content (AvgIpc) is 2.89. The van der Waals surface area contributed by atoms with Crippen LogP contribution in [0.2, 0.25) is 0 Å². The molecule has 3 atom stereocenters. The number of ether oxygens (including phenoxy) is 1. The van der Waals surface area contributed by atoms with E-state index in [2.05, 4.69) is 17.8 Å². The molecule has 1 aliphatic heterocycles. The molecule has 1 heterocycles. The summed E-state index contributed by atoms with van der Waals surface area (Å²) in [5, 5.41) is 9.13. The second-order valence-corrected chi connectivity index (χ2v) is 5.92. The molecule has 22 heavy (non-hydrogen) atoms. The predicted molar refractivity (Wildman–Crippen MR) is 85.7 cm³/mol. The third-order valence-electron chi connectivity index (χ3n) is 4.22. The third-order valence-corrected chi connectivity index (χ3v) is 4.22. The van der Waals surface area contributed by atoms with Crippen LogP contribution in [0.1, 0.15) is 51.1 Å². The van der Waals surface area contributed by atoms with Gasteiger partial charge < -0.3 is 9.84 Å². The van der Waals surface area contributed by atoms with Gasteiger partial charge >= 0.3 is 5.97 Å². The Morgan fingerprint density at radius 2 is 1.91 bits per heavy atom. The van der Waals surface area contributed by atoms with E-state index in [-0.39, 0.29) is 12.0 Å². The van der Waals surface area contributed by atoms with Crippen LogP contribution in [0.3, 0.4) is 0 Å².